The zero-order valence-corrected chi connectivity index (χ0v) is 14.4. The van der Waals surface area contributed by atoms with E-state index in [0.29, 0.717) is 11.8 Å². The van der Waals surface area contributed by atoms with Crippen molar-refractivity contribution in [3.05, 3.63) is 0 Å². The van der Waals surface area contributed by atoms with E-state index in [0.717, 1.165) is 51.9 Å². The van der Waals surface area contributed by atoms with Crippen molar-refractivity contribution in [3.63, 3.8) is 0 Å². The first-order valence-electron chi connectivity index (χ1n) is 8.44. The monoisotopic (exact) mass is 317 g/mol. The van der Waals surface area contributed by atoms with Crippen molar-refractivity contribution in [1.82, 2.24) is 14.5 Å². The molecule has 1 aliphatic heterocycles. The molecule has 5 nitrogen and oxygen atoms in total. The summed E-state index contributed by atoms with van der Waals surface area (Å²) in [7, 11) is -1.31. The van der Waals surface area contributed by atoms with Crippen molar-refractivity contribution in [2.24, 2.45) is 0 Å². The lowest BCUT2D eigenvalue weighted by atomic mass is 10.1. The van der Waals surface area contributed by atoms with Crippen LogP contribution in [0.2, 0.25) is 0 Å². The predicted molar refractivity (Wildman–Crippen MR) is 86.9 cm³/mol. The molecule has 0 amide bonds. The van der Waals surface area contributed by atoms with Crippen LogP contribution in [-0.4, -0.2) is 68.7 Å². The standard InChI is InChI=1S/C15H31N3O2S/c1-3-18-11-8-15(9-12-18)17(2)21(19,20)13-5-4-10-16-14-6-7-14/h14-16H,3-13H2,1-2H3. The van der Waals surface area contributed by atoms with E-state index in [1.54, 1.807) is 11.4 Å². The first-order valence-corrected chi connectivity index (χ1v) is 10.1. The fraction of sp³-hybridized carbons (Fsp3) is 1.00. The average molecular weight is 317 g/mol. The van der Waals surface area contributed by atoms with Gasteiger partial charge in [-0.1, -0.05) is 6.92 Å². The van der Waals surface area contributed by atoms with Gasteiger partial charge in [0.25, 0.3) is 0 Å². The van der Waals surface area contributed by atoms with E-state index in [1.165, 1.54) is 12.8 Å². The van der Waals surface area contributed by atoms with Gasteiger partial charge in [-0.2, -0.15) is 0 Å². The van der Waals surface area contributed by atoms with Crippen molar-refractivity contribution < 1.29 is 8.42 Å². The van der Waals surface area contributed by atoms with Gasteiger partial charge in [-0.15, -0.1) is 0 Å². The number of hydrogen-bond acceptors (Lipinski definition) is 4. The molecule has 0 bridgehead atoms. The second-order valence-electron chi connectivity index (χ2n) is 6.43. The number of rotatable bonds is 9. The van der Waals surface area contributed by atoms with Crippen LogP contribution in [-0.2, 0) is 10.0 Å². The highest BCUT2D eigenvalue weighted by Crippen LogP contribution is 2.20. The van der Waals surface area contributed by atoms with Crippen LogP contribution < -0.4 is 5.32 Å². The summed E-state index contributed by atoms with van der Waals surface area (Å²) in [5.41, 5.74) is 0. The molecule has 1 heterocycles. The third-order valence-corrected chi connectivity index (χ3v) is 6.78. The first-order chi connectivity index (χ1) is 10.0. The molecule has 6 heteroatoms. The van der Waals surface area contributed by atoms with Gasteiger partial charge in [-0.3, -0.25) is 0 Å². The van der Waals surface area contributed by atoms with E-state index in [9.17, 15) is 8.42 Å². The molecule has 1 N–H and O–H groups in total. The maximum atomic E-state index is 12.4. The Morgan fingerprint density at radius 1 is 1.14 bits per heavy atom. The molecule has 0 aromatic rings. The molecule has 0 aromatic carbocycles. The molecule has 0 aromatic heterocycles. The largest absolute Gasteiger partial charge is 0.314 e. The molecule has 1 saturated heterocycles. The smallest absolute Gasteiger partial charge is 0.214 e. The molecule has 1 saturated carbocycles. The van der Waals surface area contributed by atoms with E-state index in [2.05, 4.69) is 17.1 Å². The summed E-state index contributed by atoms with van der Waals surface area (Å²) in [6.45, 7) is 6.23. The van der Waals surface area contributed by atoms with Gasteiger partial charge in [-0.05, 0) is 64.7 Å². The van der Waals surface area contributed by atoms with Crippen molar-refractivity contribution >= 4 is 10.0 Å². The lowest BCUT2D eigenvalue weighted by Gasteiger charge is -2.35. The topological polar surface area (TPSA) is 52.7 Å². The van der Waals surface area contributed by atoms with E-state index >= 15 is 0 Å². The van der Waals surface area contributed by atoms with Gasteiger partial charge in [0.15, 0.2) is 0 Å². The Hall–Kier alpha value is -0.170. The lowest BCUT2D eigenvalue weighted by molar-refractivity contribution is 0.176. The SMILES string of the molecule is CCN1CCC(N(C)S(=O)(=O)CCCCNC2CC2)CC1. The van der Waals surface area contributed by atoms with Crippen molar-refractivity contribution in [2.75, 3.05) is 39.0 Å². The Balaban J connectivity index is 1.67. The predicted octanol–water partition coefficient (Wildman–Crippen LogP) is 1.26. The van der Waals surface area contributed by atoms with Gasteiger partial charge in [0.1, 0.15) is 0 Å². The van der Waals surface area contributed by atoms with Gasteiger partial charge in [0.2, 0.25) is 10.0 Å². The van der Waals surface area contributed by atoms with E-state index < -0.39 is 10.0 Å². The van der Waals surface area contributed by atoms with E-state index in [1.807, 2.05) is 0 Å². The van der Waals surface area contributed by atoms with Crippen molar-refractivity contribution in [2.45, 2.75) is 57.5 Å². The Bertz CT molecular complexity index is 401. The summed E-state index contributed by atoms with van der Waals surface area (Å²) in [5, 5.41) is 3.43. The number of likely N-dealkylation sites (tertiary alicyclic amines) is 1. The molecule has 0 radical (unpaired) electrons. The van der Waals surface area contributed by atoms with Crippen molar-refractivity contribution in [3.8, 4) is 0 Å². The maximum absolute atomic E-state index is 12.4. The highest BCUT2D eigenvalue weighted by atomic mass is 32.2. The van der Waals surface area contributed by atoms with Crippen molar-refractivity contribution in [1.29, 1.82) is 0 Å². The summed E-state index contributed by atoms with van der Waals surface area (Å²) in [6.07, 6.45) is 6.23. The third kappa shape index (κ3) is 5.51. The van der Waals surface area contributed by atoms with Crippen LogP contribution >= 0.6 is 0 Å². The number of nitrogens with zero attached hydrogens (tertiary/aromatic N) is 2. The van der Waals surface area contributed by atoms with Crippen LogP contribution in [0.3, 0.4) is 0 Å². The van der Waals surface area contributed by atoms with Gasteiger partial charge in [0.05, 0.1) is 5.75 Å². The maximum Gasteiger partial charge on any atom is 0.214 e. The fourth-order valence-electron chi connectivity index (χ4n) is 2.97. The highest BCUT2D eigenvalue weighted by Gasteiger charge is 2.28. The summed E-state index contributed by atoms with van der Waals surface area (Å²) < 4.78 is 26.4. The molecule has 2 aliphatic rings. The highest BCUT2D eigenvalue weighted by molar-refractivity contribution is 7.89. The Kier molecular flexibility index (Phi) is 6.47. The minimum absolute atomic E-state index is 0.197. The summed E-state index contributed by atoms with van der Waals surface area (Å²) >= 11 is 0. The molecule has 1 aliphatic carbocycles. The van der Waals surface area contributed by atoms with Gasteiger partial charge in [-0.25, -0.2) is 12.7 Å². The second-order valence-corrected chi connectivity index (χ2v) is 8.58. The van der Waals surface area contributed by atoms with Gasteiger partial charge >= 0.3 is 0 Å². The molecule has 2 fully saturated rings. The number of sulfonamides is 1. The molecule has 0 atom stereocenters. The number of hydrogen-bond donors (Lipinski definition) is 1. The van der Waals surface area contributed by atoms with Crippen LogP contribution in [0.15, 0.2) is 0 Å². The van der Waals surface area contributed by atoms with E-state index in [-0.39, 0.29) is 6.04 Å². The Labute approximate surface area is 130 Å². The third-order valence-electron chi connectivity index (χ3n) is 4.80. The Morgan fingerprint density at radius 2 is 1.81 bits per heavy atom. The molecular formula is C15H31N3O2S. The summed E-state index contributed by atoms with van der Waals surface area (Å²) in [6, 6.07) is 0.912. The van der Waals surface area contributed by atoms with Gasteiger partial charge in [0, 0.05) is 19.1 Å². The molecule has 21 heavy (non-hydrogen) atoms. The summed E-state index contributed by atoms with van der Waals surface area (Å²) in [5.74, 6) is 0.295. The quantitative estimate of drug-likeness (QED) is 0.651. The van der Waals surface area contributed by atoms with Crippen LogP contribution in [0.25, 0.3) is 0 Å². The fourth-order valence-corrected chi connectivity index (χ4v) is 4.50. The lowest BCUT2D eigenvalue weighted by Crippen LogP contribution is -2.46. The van der Waals surface area contributed by atoms with Crippen LogP contribution in [0, 0.1) is 0 Å². The number of unbranched alkanes of at least 4 members (excludes halogenated alkanes) is 1. The minimum Gasteiger partial charge on any atom is -0.314 e. The molecule has 0 unspecified atom stereocenters. The minimum atomic E-state index is -3.08. The van der Waals surface area contributed by atoms with Crippen LogP contribution in [0.5, 0.6) is 0 Å². The van der Waals surface area contributed by atoms with Crippen LogP contribution in [0.1, 0.15) is 45.4 Å². The molecule has 124 valence electrons. The number of nitrogens with one attached hydrogen (secondary N) is 1. The molecule has 2 rings (SSSR count). The first kappa shape index (κ1) is 17.2. The normalized spacial score (nSPS) is 22.0. The summed E-state index contributed by atoms with van der Waals surface area (Å²) in [4.78, 5) is 2.39. The van der Waals surface area contributed by atoms with E-state index in [4.69, 9.17) is 0 Å². The van der Waals surface area contributed by atoms with Gasteiger partial charge < -0.3 is 10.2 Å². The Morgan fingerprint density at radius 3 is 2.38 bits per heavy atom. The number of piperidine rings is 1. The zero-order chi connectivity index (χ0) is 15.3. The molecular weight excluding hydrogens is 286 g/mol. The molecule has 0 spiro atoms. The second kappa shape index (κ2) is 7.90. The zero-order valence-electron chi connectivity index (χ0n) is 13.6. The average Bonchev–Trinajstić information content (AvgIpc) is 3.30. The van der Waals surface area contributed by atoms with Crippen LogP contribution in [0.4, 0.5) is 0 Å².